The van der Waals surface area contributed by atoms with Crippen LogP contribution in [0.25, 0.3) is 0 Å². The molecule has 0 N–H and O–H groups in total. The highest BCUT2D eigenvalue weighted by Gasteiger charge is 2.27. The van der Waals surface area contributed by atoms with E-state index in [1.807, 2.05) is 25.7 Å². The Kier molecular flexibility index (Phi) is 5.15. The van der Waals surface area contributed by atoms with Crippen LogP contribution in [0.5, 0.6) is 0 Å². The molecule has 121 valence electrons. The zero-order valence-corrected chi connectivity index (χ0v) is 14.5. The van der Waals surface area contributed by atoms with Crippen LogP contribution >= 0.6 is 0 Å². The number of nitrogens with zero attached hydrogens (tertiary/aromatic N) is 1. The molecule has 22 heavy (non-hydrogen) atoms. The Morgan fingerprint density at radius 1 is 1.18 bits per heavy atom. The van der Waals surface area contributed by atoms with Crippen LogP contribution < -0.4 is 0 Å². The van der Waals surface area contributed by atoms with Gasteiger partial charge in [-0.1, -0.05) is 38.1 Å². The van der Waals surface area contributed by atoms with E-state index in [0.29, 0.717) is 5.92 Å². The van der Waals surface area contributed by atoms with Gasteiger partial charge < -0.3 is 9.64 Å². The lowest BCUT2D eigenvalue weighted by Crippen LogP contribution is -2.41. The van der Waals surface area contributed by atoms with Gasteiger partial charge in [-0.25, -0.2) is 4.79 Å². The van der Waals surface area contributed by atoms with Crippen molar-refractivity contribution < 1.29 is 9.53 Å². The van der Waals surface area contributed by atoms with Gasteiger partial charge in [-0.15, -0.1) is 0 Å². The summed E-state index contributed by atoms with van der Waals surface area (Å²) in [5, 5.41) is 0. The fraction of sp³-hybridized carbons (Fsp3) is 0.579. The lowest BCUT2D eigenvalue weighted by atomic mass is 9.87. The molecule has 1 aliphatic rings. The van der Waals surface area contributed by atoms with E-state index in [1.54, 1.807) is 0 Å². The van der Waals surface area contributed by atoms with E-state index in [0.717, 1.165) is 25.9 Å². The Hall–Kier alpha value is -1.51. The number of carbonyl (C=O) groups excluding carboxylic acids is 1. The number of likely N-dealkylation sites (tertiary alicyclic amines) is 1. The molecule has 2 rings (SSSR count). The minimum atomic E-state index is -0.424. The molecular weight excluding hydrogens is 274 g/mol. The molecule has 1 heterocycles. The SMILES string of the molecule is CC(C)c1cccc([C]2CCN(C(=O)OC(C)(C)C)CC2)c1. The predicted molar refractivity (Wildman–Crippen MR) is 89.9 cm³/mol. The Morgan fingerprint density at radius 3 is 2.36 bits per heavy atom. The van der Waals surface area contributed by atoms with Crippen molar-refractivity contribution in [3.63, 3.8) is 0 Å². The zero-order chi connectivity index (χ0) is 16.3. The molecule has 1 aromatic rings. The molecule has 0 unspecified atom stereocenters. The Labute approximate surface area is 134 Å². The number of carbonyl (C=O) groups is 1. The number of benzene rings is 1. The second kappa shape index (κ2) is 6.72. The van der Waals surface area contributed by atoms with Gasteiger partial charge in [0.05, 0.1) is 0 Å². The minimum absolute atomic E-state index is 0.192. The molecular formula is C19H28NO2. The summed E-state index contributed by atoms with van der Waals surface area (Å²) >= 11 is 0. The second-order valence-corrected chi connectivity index (χ2v) is 7.35. The van der Waals surface area contributed by atoms with E-state index in [-0.39, 0.29) is 6.09 Å². The highest BCUT2D eigenvalue weighted by Crippen LogP contribution is 2.29. The van der Waals surface area contributed by atoms with Gasteiger partial charge in [-0.2, -0.15) is 0 Å². The number of rotatable bonds is 2. The van der Waals surface area contributed by atoms with Gasteiger partial charge in [0.2, 0.25) is 0 Å². The van der Waals surface area contributed by atoms with Crippen LogP contribution in [0.2, 0.25) is 0 Å². The van der Waals surface area contributed by atoms with Crippen LogP contribution in [-0.4, -0.2) is 29.7 Å². The standard InChI is InChI=1S/C19H28NO2/c1-14(2)16-7-6-8-17(13-16)15-9-11-20(12-10-15)18(21)22-19(3,4)5/h6-8,13-14H,9-12H2,1-5H3. The average molecular weight is 302 g/mol. The van der Waals surface area contributed by atoms with Crippen molar-refractivity contribution in [1.29, 1.82) is 0 Å². The summed E-state index contributed by atoms with van der Waals surface area (Å²) in [7, 11) is 0. The molecule has 0 atom stereocenters. The first kappa shape index (κ1) is 16.9. The third-order valence-corrected chi connectivity index (χ3v) is 3.98. The van der Waals surface area contributed by atoms with Crippen LogP contribution in [0.4, 0.5) is 4.79 Å². The summed E-state index contributed by atoms with van der Waals surface area (Å²) in [4.78, 5) is 13.9. The van der Waals surface area contributed by atoms with Crippen molar-refractivity contribution in [3.05, 3.63) is 41.3 Å². The Bertz CT molecular complexity index is 508. The lowest BCUT2D eigenvalue weighted by molar-refractivity contribution is 0.0228. The topological polar surface area (TPSA) is 29.5 Å². The molecule has 1 radical (unpaired) electrons. The van der Waals surface area contributed by atoms with Crippen LogP contribution in [0.3, 0.4) is 0 Å². The van der Waals surface area contributed by atoms with Crippen molar-refractivity contribution in [2.24, 2.45) is 0 Å². The van der Waals surface area contributed by atoms with E-state index in [4.69, 9.17) is 4.74 Å². The smallest absolute Gasteiger partial charge is 0.410 e. The van der Waals surface area contributed by atoms with Gasteiger partial charge >= 0.3 is 6.09 Å². The fourth-order valence-electron chi connectivity index (χ4n) is 2.69. The molecule has 0 saturated carbocycles. The largest absolute Gasteiger partial charge is 0.444 e. The Morgan fingerprint density at radius 2 is 1.82 bits per heavy atom. The molecule has 1 saturated heterocycles. The van der Waals surface area contributed by atoms with Gasteiger partial charge in [0.1, 0.15) is 5.60 Å². The molecule has 3 nitrogen and oxygen atoms in total. The molecule has 3 heteroatoms. The second-order valence-electron chi connectivity index (χ2n) is 7.35. The third kappa shape index (κ3) is 4.49. The number of piperidine rings is 1. The van der Waals surface area contributed by atoms with Crippen molar-refractivity contribution >= 4 is 6.09 Å². The minimum Gasteiger partial charge on any atom is -0.444 e. The van der Waals surface area contributed by atoms with E-state index in [1.165, 1.54) is 17.0 Å². The predicted octanol–water partition coefficient (Wildman–Crippen LogP) is 4.76. The molecule has 0 aliphatic carbocycles. The van der Waals surface area contributed by atoms with Crippen LogP contribution in [0.1, 0.15) is 64.5 Å². The van der Waals surface area contributed by atoms with Gasteiger partial charge in [-0.3, -0.25) is 0 Å². The molecule has 0 spiro atoms. The van der Waals surface area contributed by atoms with Gasteiger partial charge in [0, 0.05) is 19.0 Å². The maximum Gasteiger partial charge on any atom is 0.410 e. The first-order chi connectivity index (χ1) is 10.3. The number of hydrogen-bond acceptors (Lipinski definition) is 2. The lowest BCUT2D eigenvalue weighted by Gasteiger charge is -2.33. The maximum absolute atomic E-state index is 12.1. The van der Waals surface area contributed by atoms with Gasteiger partial charge in [0.25, 0.3) is 0 Å². The first-order valence-electron chi connectivity index (χ1n) is 8.19. The quantitative estimate of drug-likeness (QED) is 0.788. The molecule has 1 amide bonds. The van der Waals surface area contributed by atoms with Crippen LogP contribution in [0.15, 0.2) is 24.3 Å². The van der Waals surface area contributed by atoms with Gasteiger partial charge in [-0.05, 0) is 50.7 Å². The van der Waals surface area contributed by atoms with Crippen molar-refractivity contribution in [3.8, 4) is 0 Å². The first-order valence-corrected chi connectivity index (χ1v) is 8.19. The van der Waals surface area contributed by atoms with Crippen LogP contribution in [0, 0.1) is 5.92 Å². The van der Waals surface area contributed by atoms with Crippen molar-refractivity contribution in [2.45, 2.75) is 59.0 Å². The molecule has 1 fully saturated rings. The zero-order valence-electron chi connectivity index (χ0n) is 14.5. The maximum atomic E-state index is 12.1. The molecule has 1 aromatic carbocycles. The summed E-state index contributed by atoms with van der Waals surface area (Å²) in [5.41, 5.74) is 2.28. The van der Waals surface area contributed by atoms with E-state index < -0.39 is 5.60 Å². The van der Waals surface area contributed by atoms with E-state index >= 15 is 0 Å². The molecule has 1 aliphatic heterocycles. The van der Waals surface area contributed by atoms with Crippen LogP contribution in [-0.2, 0) is 4.74 Å². The summed E-state index contributed by atoms with van der Waals surface area (Å²) in [6, 6.07) is 8.80. The number of ether oxygens (including phenoxy) is 1. The monoisotopic (exact) mass is 302 g/mol. The third-order valence-electron chi connectivity index (χ3n) is 3.98. The molecule has 0 aromatic heterocycles. The highest BCUT2D eigenvalue weighted by molar-refractivity contribution is 5.68. The molecule has 0 bridgehead atoms. The summed E-state index contributed by atoms with van der Waals surface area (Å²) in [6.07, 6.45) is 1.67. The fourth-order valence-corrected chi connectivity index (χ4v) is 2.69. The van der Waals surface area contributed by atoms with Gasteiger partial charge in [0.15, 0.2) is 0 Å². The summed E-state index contributed by atoms with van der Waals surface area (Å²) < 4.78 is 5.45. The summed E-state index contributed by atoms with van der Waals surface area (Å²) in [6.45, 7) is 11.6. The number of hydrogen-bond donors (Lipinski definition) is 0. The highest BCUT2D eigenvalue weighted by atomic mass is 16.6. The van der Waals surface area contributed by atoms with E-state index in [2.05, 4.69) is 38.1 Å². The van der Waals surface area contributed by atoms with E-state index in [9.17, 15) is 4.79 Å². The number of amides is 1. The normalized spacial score (nSPS) is 16.9. The van der Waals surface area contributed by atoms with Crippen molar-refractivity contribution in [2.75, 3.05) is 13.1 Å². The Balaban J connectivity index is 1.95. The average Bonchev–Trinajstić information content (AvgIpc) is 2.46. The van der Waals surface area contributed by atoms with Crippen molar-refractivity contribution in [1.82, 2.24) is 4.90 Å². The summed E-state index contributed by atoms with van der Waals surface area (Å²) in [5.74, 6) is 1.99.